The van der Waals surface area contributed by atoms with Gasteiger partial charge in [-0.05, 0) is 53.7 Å². The van der Waals surface area contributed by atoms with Crippen LogP contribution < -0.4 is 5.32 Å². The van der Waals surface area contributed by atoms with E-state index in [1.165, 1.54) is 5.56 Å². The quantitative estimate of drug-likeness (QED) is 0.745. The Labute approximate surface area is 126 Å². The van der Waals surface area contributed by atoms with Gasteiger partial charge < -0.3 is 14.2 Å². The van der Waals surface area contributed by atoms with Crippen molar-refractivity contribution in [2.45, 2.75) is 19.9 Å². The fraction of sp³-hybridized carbons (Fsp3) is 0.250. The molecule has 4 heteroatoms. The second-order valence-corrected chi connectivity index (χ2v) is 5.67. The molecule has 0 radical (unpaired) electrons. The summed E-state index contributed by atoms with van der Waals surface area (Å²) >= 11 is 3.51. The molecule has 0 fully saturated rings. The zero-order chi connectivity index (χ0) is 14.1. The summed E-state index contributed by atoms with van der Waals surface area (Å²) in [5.41, 5.74) is 2.13. The molecule has 0 spiro atoms. The maximum Gasteiger partial charge on any atom is 0.142 e. The number of hydrogen-bond acceptors (Lipinski definition) is 3. The average Bonchev–Trinajstić information content (AvgIpc) is 3.01. The Balaban J connectivity index is 2.07. The van der Waals surface area contributed by atoms with Crippen LogP contribution in [0.2, 0.25) is 0 Å². The van der Waals surface area contributed by atoms with E-state index in [0.717, 1.165) is 33.5 Å². The number of nitrogens with one attached hydrogen (secondary N) is 1. The van der Waals surface area contributed by atoms with Crippen molar-refractivity contribution < 1.29 is 8.83 Å². The lowest BCUT2D eigenvalue weighted by Crippen LogP contribution is -2.21. The number of fused-ring (bicyclic) bond motifs is 1. The van der Waals surface area contributed by atoms with Crippen LogP contribution in [0, 0.1) is 6.92 Å². The number of rotatable bonds is 4. The van der Waals surface area contributed by atoms with E-state index >= 15 is 0 Å². The molecule has 0 aliphatic rings. The molecule has 1 atom stereocenters. The normalized spacial score (nSPS) is 12.9. The monoisotopic (exact) mass is 333 g/mol. The predicted octanol–water partition coefficient (Wildman–Crippen LogP) is 4.80. The van der Waals surface area contributed by atoms with Gasteiger partial charge in [-0.2, -0.15) is 0 Å². The minimum absolute atomic E-state index is 0.0860. The van der Waals surface area contributed by atoms with Gasteiger partial charge in [-0.3, -0.25) is 0 Å². The van der Waals surface area contributed by atoms with Crippen molar-refractivity contribution in [1.29, 1.82) is 0 Å². The zero-order valence-electron chi connectivity index (χ0n) is 11.4. The number of hydrogen-bond donors (Lipinski definition) is 1. The van der Waals surface area contributed by atoms with Gasteiger partial charge in [0.25, 0.3) is 0 Å². The minimum atomic E-state index is -0.0860. The lowest BCUT2D eigenvalue weighted by Gasteiger charge is -2.13. The third kappa shape index (κ3) is 2.41. The van der Waals surface area contributed by atoms with Crippen LogP contribution in [0.5, 0.6) is 0 Å². The Morgan fingerprint density at radius 1 is 1.25 bits per heavy atom. The Bertz CT molecular complexity index is 729. The summed E-state index contributed by atoms with van der Waals surface area (Å²) in [6, 6.07) is 10.1. The van der Waals surface area contributed by atoms with Crippen molar-refractivity contribution >= 4 is 26.9 Å². The molecule has 2 heterocycles. The van der Waals surface area contributed by atoms with Gasteiger partial charge in [-0.15, -0.1) is 0 Å². The molecule has 0 aliphatic heterocycles. The lowest BCUT2D eigenvalue weighted by molar-refractivity contribution is 0.402. The van der Waals surface area contributed by atoms with Crippen LogP contribution in [0.3, 0.4) is 0 Å². The Kier molecular flexibility index (Phi) is 3.68. The van der Waals surface area contributed by atoms with Gasteiger partial charge in [-0.1, -0.05) is 18.6 Å². The largest absolute Gasteiger partial charge is 0.466 e. The van der Waals surface area contributed by atoms with Gasteiger partial charge in [0, 0.05) is 5.39 Å². The second-order valence-electron chi connectivity index (χ2n) is 4.81. The maximum atomic E-state index is 5.97. The van der Waals surface area contributed by atoms with Crippen molar-refractivity contribution in [3.05, 3.63) is 58.2 Å². The van der Waals surface area contributed by atoms with Gasteiger partial charge in [0.15, 0.2) is 0 Å². The van der Waals surface area contributed by atoms with E-state index < -0.39 is 0 Å². The first-order valence-electron chi connectivity index (χ1n) is 6.65. The molecule has 0 saturated carbocycles. The first-order valence-corrected chi connectivity index (χ1v) is 7.44. The third-order valence-corrected chi connectivity index (χ3v) is 3.95. The first kappa shape index (κ1) is 13.5. The summed E-state index contributed by atoms with van der Waals surface area (Å²) in [5, 5.41) is 4.52. The van der Waals surface area contributed by atoms with Crippen LogP contribution in [0.4, 0.5) is 0 Å². The molecule has 3 aromatic rings. The molecule has 1 unspecified atom stereocenters. The lowest BCUT2D eigenvalue weighted by atomic mass is 10.1. The highest BCUT2D eigenvalue weighted by molar-refractivity contribution is 9.10. The molecule has 0 amide bonds. The molecule has 104 valence electrons. The van der Waals surface area contributed by atoms with Crippen molar-refractivity contribution in [3.8, 4) is 0 Å². The van der Waals surface area contributed by atoms with E-state index in [1.54, 1.807) is 6.26 Å². The molecule has 3 nitrogen and oxygen atoms in total. The number of furan rings is 2. The highest BCUT2D eigenvalue weighted by atomic mass is 79.9. The number of aryl methyl sites for hydroxylation is 1. The molecular formula is C16H16BrNO2. The van der Waals surface area contributed by atoms with Crippen molar-refractivity contribution in [3.63, 3.8) is 0 Å². The average molecular weight is 334 g/mol. The summed E-state index contributed by atoms with van der Waals surface area (Å²) < 4.78 is 12.5. The highest BCUT2D eigenvalue weighted by Crippen LogP contribution is 2.33. The third-order valence-electron chi connectivity index (χ3n) is 3.29. The zero-order valence-corrected chi connectivity index (χ0v) is 13.0. The molecule has 3 rings (SSSR count). The van der Waals surface area contributed by atoms with Crippen molar-refractivity contribution in [2.75, 3.05) is 6.54 Å². The standard InChI is InChI=1S/C16H16BrNO2/c1-3-18-15(16-12(17)6-7-19-16)14-9-11-8-10(2)4-5-13(11)20-14/h4-9,15,18H,3H2,1-2H3. The molecular weight excluding hydrogens is 318 g/mol. The van der Waals surface area contributed by atoms with Crippen LogP contribution in [0.1, 0.15) is 30.0 Å². The number of halogens is 1. The van der Waals surface area contributed by atoms with E-state index in [1.807, 2.05) is 12.1 Å². The van der Waals surface area contributed by atoms with Crippen LogP contribution in [-0.2, 0) is 0 Å². The Morgan fingerprint density at radius 2 is 2.10 bits per heavy atom. The molecule has 20 heavy (non-hydrogen) atoms. The van der Waals surface area contributed by atoms with E-state index in [9.17, 15) is 0 Å². The summed E-state index contributed by atoms with van der Waals surface area (Å²) in [4.78, 5) is 0. The van der Waals surface area contributed by atoms with E-state index in [2.05, 4.69) is 53.3 Å². The van der Waals surface area contributed by atoms with Crippen LogP contribution >= 0.6 is 15.9 Å². The smallest absolute Gasteiger partial charge is 0.142 e. The van der Waals surface area contributed by atoms with Gasteiger partial charge in [0.2, 0.25) is 0 Å². The molecule has 0 aliphatic carbocycles. The van der Waals surface area contributed by atoms with E-state index in [4.69, 9.17) is 8.83 Å². The van der Waals surface area contributed by atoms with Crippen LogP contribution in [-0.4, -0.2) is 6.54 Å². The van der Waals surface area contributed by atoms with Crippen molar-refractivity contribution in [1.82, 2.24) is 5.32 Å². The number of benzene rings is 1. The van der Waals surface area contributed by atoms with Gasteiger partial charge in [0.1, 0.15) is 23.1 Å². The Hall–Kier alpha value is -1.52. The fourth-order valence-corrected chi connectivity index (χ4v) is 2.79. The summed E-state index contributed by atoms with van der Waals surface area (Å²) in [7, 11) is 0. The molecule has 1 N–H and O–H groups in total. The van der Waals surface area contributed by atoms with E-state index in [0.29, 0.717) is 0 Å². The summed E-state index contributed by atoms with van der Waals surface area (Å²) in [6.45, 7) is 4.97. The first-order chi connectivity index (χ1) is 9.69. The predicted molar refractivity (Wildman–Crippen MR) is 82.9 cm³/mol. The summed E-state index contributed by atoms with van der Waals surface area (Å²) in [6.07, 6.45) is 1.68. The van der Waals surface area contributed by atoms with Gasteiger partial charge in [-0.25, -0.2) is 0 Å². The molecule has 0 bridgehead atoms. The highest BCUT2D eigenvalue weighted by Gasteiger charge is 2.22. The summed E-state index contributed by atoms with van der Waals surface area (Å²) in [5.74, 6) is 1.70. The minimum Gasteiger partial charge on any atom is -0.466 e. The van der Waals surface area contributed by atoms with Crippen LogP contribution in [0.25, 0.3) is 11.0 Å². The van der Waals surface area contributed by atoms with Gasteiger partial charge in [0.05, 0.1) is 10.7 Å². The maximum absolute atomic E-state index is 5.97. The molecule has 0 saturated heterocycles. The molecule has 2 aromatic heterocycles. The molecule has 1 aromatic carbocycles. The van der Waals surface area contributed by atoms with Crippen molar-refractivity contribution in [2.24, 2.45) is 0 Å². The fourth-order valence-electron chi connectivity index (χ4n) is 2.36. The topological polar surface area (TPSA) is 38.3 Å². The Morgan fingerprint density at radius 3 is 2.80 bits per heavy atom. The van der Waals surface area contributed by atoms with Gasteiger partial charge >= 0.3 is 0 Å². The second kappa shape index (κ2) is 5.46. The van der Waals surface area contributed by atoms with E-state index in [-0.39, 0.29) is 6.04 Å². The SMILES string of the molecule is CCNC(c1cc2cc(C)ccc2o1)c1occc1Br. The van der Waals surface area contributed by atoms with Crippen LogP contribution in [0.15, 0.2) is 49.9 Å².